The van der Waals surface area contributed by atoms with E-state index in [0.717, 1.165) is 18.2 Å². The van der Waals surface area contributed by atoms with E-state index in [1.807, 2.05) is 0 Å². The fourth-order valence-corrected chi connectivity index (χ4v) is 2.27. The van der Waals surface area contributed by atoms with Gasteiger partial charge in [0, 0.05) is 10.5 Å². The molecule has 2 aromatic rings. The third-order valence-corrected chi connectivity index (χ3v) is 3.70. The van der Waals surface area contributed by atoms with Gasteiger partial charge in [0.25, 0.3) is 5.56 Å². The Morgan fingerprint density at radius 3 is 2.57 bits per heavy atom. The van der Waals surface area contributed by atoms with Crippen LogP contribution in [0.2, 0.25) is 0 Å². The highest BCUT2D eigenvalue weighted by Crippen LogP contribution is 2.29. The first-order chi connectivity index (χ1) is 9.82. The van der Waals surface area contributed by atoms with Gasteiger partial charge in [-0.25, -0.2) is 0 Å². The van der Waals surface area contributed by atoms with Crippen molar-refractivity contribution in [3.63, 3.8) is 0 Å². The number of alkyl halides is 3. The lowest BCUT2D eigenvalue weighted by molar-refractivity contribution is -0.144. The summed E-state index contributed by atoms with van der Waals surface area (Å²) >= 11 is 3.26. The molecule has 1 aromatic heterocycles. The third-order valence-electron chi connectivity index (χ3n) is 2.92. The van der Waals surface area contributed by atoms with Crippen LogP contribution in [0.4, 0.5) is 13.2 Å². The third kappa shape index (κ3) is 3.47. The quantitative estimate of drug-likeness (QED) is 0.834. The average molecular weight is 362 g/mol. The van der Waals surface area contributed by atoms with Crippen LogP contribution in [0.1, 0.15) is 11.3 Å². The van der Waals surface area contributed by atoms with Gasteiger partial charge >= 0.3 is 6.18 Å². The highest BCUT2D eigenvalue weighted by molar-refractivity contribution is 9.10. The predicted molar refractivity (Wildman–Crippen MR) is 75.5 cm³/mol. The number of ether oxygens (including phenoxy) is 1. The number of hydrogen-bond acceptors (Lipinski definition) is 2. The summed E-state index contributed by atoms with van der Waals surface area (Å²) in [6.45, 7) is -0.202. The molecule has 0 aliphatic rings. The van der Waals surface area contributed by atoms with Crippen LogP contribution in [0.25, 0.3) is 0 Å². The summed E-state index contributed by atoms with van der Waals surface area (Å²) in [6, 6.07) is 8.01. The number of methoxy groups -OCH3 is 1. The van der Waals surface area contributed by atoms with Crippen LogP contribution in [-0.4, -0.2) is 11.7 Å². The topological polar surface area (TPSA) is 31.2 Å². The van der Waals surface area contributed by atoms with E-state index in [-0.39, 0.29) is 6.54 Å². The molecule has 0 saturated carbocycles. The SMILES string of the molecule is COc1ccc(Br)c(Cn2c(C(F)(F)F)cccc2=O)c1. The summed E-state index contributed by atoms with van der Waals surface area (Å²) in [6.07, 6.45) is -4.59. The number of hydrogen-bond donors (Lipinski definition) is 0. The molecule has 1 aromatic carbocycles. The Morgan fingerprint density at radius 2 is 1.95 bits per heavy atom. The van der Waals surface area contributed by atoms with E-state index in [1.165, 1.54) is 7.11 Å². The molecule has 0 aliphatic carbocycles. The van der Waals surface area contributed by atoms with E-state index in [9.17, 15) is 18.0 Å². The van der Waals surface area contributed by atoms with Crippen molar-refractivity contribution in [2.45, 2.75) is 12.7 Å². The largest absolute Gasteiger partial charge is 0.497 e. The van der Waals surface area contributed by atoms with Crippen molar-refractivity contribution in [3.8, 4) is 5.75 Å². The Morgan fingerprint density at radius 1 is 1.24 bits per heavy atom. The van der Waals surface area contributed by atoms with Crippen LogP contribution in [0.3, 0.4) is 0 Å². The molecule has 0 spiro atoms. The van der Waals surface area contributed by atoms with E-state index in [0.29, 0.717) is 20.4 Å². The first-order valence-electron chi connectivity index (χ1n) is 5.92. The highest BCUT2D eigenvalue weighted by atomic mass is 79.9. The zero-order chi connectivity index (χ0) is 15.6. The molecular formula is C14H11BrF3NO2. The maximum absolute atomic E-state index is 13.0. The first-order valence-corrected chi connectivity index (χ1v) is 6.71. The molecule has 0 bridgehead atoms. The van der Waals surface area contributed by atoms with Gasteiger partial charge in [0.15, 0.2) is 0 Å². The minimum Gasteiger partial charge on any atom is -0.497 e. The smallest absolute Gasteiger partial charge is 0.431 e. The summed E-state index contributed by atoms with van der Waals surface area (Å²) < 4.78 is 45.3. The van der Waals surface area contributed by atoms with Gasteiger partial charge in [0.05, 0.1) is 13.7 Å². The van der Waals surface area contributed by atoms with E-state index in [2.05, 4.69) is 15.9 Å². The Kier molecular flexibility index (Phi) is 4.41. The Labute approximate surface area is 127 Å². The van der Waals surface area contributed by atoms with Crippen molar-refractivity contribution in [2.24, 2.45) is 0 Å². The monoisotopic (exact) mass is 361 g/mol. The molecule has 1 heterocycles. The minimum absolute atomic E-state index is 0.202. The average Bonchev–Trinajstić information content (AvgIpc) is 2.42. The van der Waals surface area contributed by atoms with Crippen molar-refractivity contribution in [2.75, 3.05) is 7.11 Å². The lowest BCUT2D eigenvalue weighted by Crippen LogP contribution is -2.27. The maximum Gasteiger partial charge on any atom is 0.431 e. The van der Waals surface area contributed by atoms with Crippen LogP contribution >= 0.6 is 15.9 Å². The van der Waals surface area contributed by atoms with Crippen molar-refractivity contribution in [1.82, 2.24) is 4.57 Å². The van der Waals surface area contributed by atoms with Gasteiger partial charge in [0.2, 0.25) is 0 Å². The second-order valence-corrected chi connectivity index (χ2v) is 5.14. The van der Waals surface area contributed by atoms with Gasteiger partial charge in [0.1, 0.15) is 11.4 Å². The maximum atomic E-state index is 13.0. The van der Waals surface area contributed by atoms with Gasteiger partial charge in [-0.05, 0) is 29.8 Å². The van der Waals surface area contributed by atoms with E-state index >= 15 is 0 Å². The molecule has 0 atom stereocenters. The fourth-order valence-electron chi connectivity index (χ4n) is 1.90. The standard InChI is InChI=1S/C14H11BrF3NO2/c1-21-10-5-6-11(15)9(7-10)8-19-12(14(16,17)18)3-2-4-13(19)20/h2-7H,8H2,1H3. The number of benzene rings is 1. The molecule has 0 unspecified atom stereocenters. The van der Waals surface area contributed by atoms with Crippen molar-refractivity contribution < 1.29 is 17.9 Å². The van der Waals surface area contributed by atoms with Gasteiger partial charge in [-0.2, -0.15) is 13.2 Å². The number of rotatable bonds is 3. The van der Waals surface area contributed by atoms with Crippen LogP contribution < -0.4 is 10.3 Å². The second kappa shape index (κ2) is 5.93. The van der Waals surface area contributed by atoms with Gasteiger partial charge < -0.3 is 4.74 Å². The lowest BCUT2D eigenvalue weighted by atomic mass is 10.2. The van der Waals surface area contributed by atoms with Crippen molar-refractivity contribution in [3.05, 3.63) is 62.5 Å². The van der Waals surface area contributed by atoms with Crippen LogP contribution in [0.5, 0.6) is 5.75 Å². The molecule has 2 rings (SSSR count). The minimum atomic E-state index is -4.59. The van der Waals surface area contributed by atoms with Crippen molar-refractivity contribution >= 4 is 15.9 Å². The molecule has 21 heavy (non-hydrogen) atoms. The Bertz CT molecular complexity index is 710. The van der Waals surface area contributed by atoms with Gasteiger partial charge in [-0.1, -0.05) is 22.0 Å². The lowest BCUT2D eigenvalue weighted by Gasteiger charge is -2.16. The number of nitrogens with zero attached hydrogens (tertiary/aromatic N) is 1. The van der Waals surface area contributed by atoms with Crippen LogP contribution in [0.15, 0.2) is 45.7 Å². The molecule has 0 N–H and O–H groups in total. The molecule has 112 valence electrons. The summed E-state index contributed by atoms with van der Waals surface area (Å²) in [7, 11) is 1.46. The molecule has 0 radical (unpaired) electrons. The number of halogens is 4. The molecule has 0 aliphatic heterocycles. The highest BCUT2D eigenvalue weighted by Gasteiger charge is 2.34. The summed E-state index contributed by atoms with van der Waals surface area (Å²) in [4.78, 5) is 11.8. The Hall–Kier alpha value is -1.76. The van der Waals surface area contributed by atoms with E-state index in [1.54, 1.807) is 18.2 Å². The normalized spacial score (nSPS) is 11.5. The molecule has 0 amide bonds. The summed E-state index contributed by atoms with van der Waals surface area (Å²) in [5.41, 5.74) is -1.17. The predicted octanol–water partition coefficient (Wildman–Crippen LogP) is 3.69. The zero-order valence-corrected chi connectivity index (χ0v) is 12.5. The first kappa shape index (κ1) is 15.6. The molecular weight excluding hydrogens is 351 g/mol. The molecule has 7 heteroatoms. The molecule has 0 saturated heterocycles. The fraction of sp³-hybridized carbons (Fsp3) is 0.214. The van der Waals surface area contributed by atoms with E-state index < -0.39 is 17.4 Å². The summed E-state index contributed by atoms with van der Waals surface area (Å²) in [5.74, 6) is 0.505. The Balaban J connectivity index is 2.52. The van der Waals surface area contributed by atoms with Gasteiger partial charge in [-0.3, -0.25) is 9.36 Å². The van der Waals surface area contributed by atoms with Crippen LogP contribution in [0, 0.1) is 0 Å². The van der Waals surface area contributed by atoms with E-state index in [4.69, 9.17) is 4.74 Å². The second-order valence-electron chi connectivity index (χ2n) is 4.29. The van der Waals surface area contributed by atoms with Crippen LogP contribution in [-0.2, 0) is 12.7 Å². The zero-order valence-electron chi connectivity index (χ0n) is 10.9. The number of aromatic nitrogens is 1. The van der Waals surface area contributed by atoms with Gasteiger partial charge in [-0.15, -0.1) is 0 Å². The van der Waals surface area contributed by atoms with Crippen molar-refractivity contribution in [1.29, 1.82) is 0 Å². The number of pyridine rings is 1. The molecule has 3 nitrogen and oxygen atoms in total. The summed E-state index contributed by atoms with van der Waals surface area (Å²) in [5, 5.41) is 0. The molecule has 0 fully saturated rings.